The van der Waals surface area contributed by atoms with Crippen molar-refractivity contribution >= 4 is 17.4 Å². The molecule has 1 N–H and O–H groups in total. The molecule has 1 amide bonds. The molecule has 1 spiro atoms. The Balaban J connectivity index is 1.83. The van der Waals surface area contributed by atoms with E-state index in [4.69, 9.17) is 0 Å². The summed E-state index contributed by atoms with van der Waals surface area (Å²) in [7, 11) is 0. The summed E-state index contributed by atoms with van der Waals surface area (Å²) in [4.78, 5) is 18.9. The minimum absolute atomic E-state index is 0.160. The minimum atomic E-state index is -0.921. The molecule has 1 aromatic heterocycles. The number of anilines is 2. The van der Waals surface area contributed by atoms with Crippen LogP contribution in [0.3, 0.4) is 0 Å². The average Bonchev–Trinajstić information content (AvgIpc) is 3.15. The zero-order valence-electron chi connectivity index (χ0n) is 12.7. The van der Waals surface area contributed by atoms with E-state index in [0.717, 1.165) is 11.3 Å². The summed E-state index contributed by atoms with van der Waals surface area (Å²) in [6.45, 7) is 0.698. The molecule has 0 saturated carbocycles. The molecule has 2 atom stereocenters. The molecule has 2 aliphatic heterocycles. The molecule has 0 aliphatic carbocycles. The molecule has 116 valence electrons. The van der Waals surface area contributed by atoms with Crippen LogP contribution in [-0.4, -0.2) is 24.0 Å². The number of para-hydroxylation sites is 1. The lowest BCUT2D eigenvalue weighted by Crippen LogP contribution is -2.42. The minimum Gasteiger partial charge on any atom is -0.353 e. The number of benzene rings is 1. The Kier molecular flexibility index (Phi) is 3.01. The molecular weight excluding hydrogens is 302 g/mol. The fourth-order valence-corrected chi connectivity index (χ4v) is 3.74. The highest BCUT2D eigenvalue weighted by Crippen LogP contribution is 2.48. The number of nitriles is 2. The van der Waals surface area contributed by atoms with Gasteiger partial charge < -0.3 is 10.2 Å². The SMILES string of the molecule is N#Cc1cccnc1N1C[C@@H](C#N)[C@]2(C1)C(=O)Nc1ccccc12. The normalized spacial score (nSPS) is 24.3. The van der Waals surface area contributed by atoms with Crippen molar-refractivity contribution in [3.63, 3.8) is 0 Å². The van der Waals surface area contributed by atoms with Crippen LogP contribution in [0.2, 0.25) is 0 Å². The summed E-state index contributed by atoms with van der Waals surface area (Å²) < 4.78 is 0. The van der Waals surface area contributed by atoms with Gasteiger partial charge in [-0.15, -0.1) is 0 Å². The lowest BCUT2D eigenvalue weighted by Gasteiger charge is -2.24. The Labute approximate surface area is 139 Å². The van der Waals surface area contributed by atoms with Gasteiger partial charge in [-0.05, 0) is 23.8 Å². The number of nitrogens with zero attached hydrogens (tertiary/aromatic N) is 4. The Bertz CT molecular complexity index is 925. The van der Waals surface area contributed by atoms with E-state index in [1.165, 1.54) is 0 Å². The molecule has 1 aromatic carbocycles. The zero-order valence-corrected chi connectivity index (χ0v) is 12.7. The Morgan fingerprint density at radius 2 is 2.08 bits per heavy atom. The van der Waals surface area contributed by atoms with Crippen molar-refractivity contribution in [2.75, 3.05) is 23.3 Å². The molecule has 4 rings (SSSR count). The van der Waals surface area contributed by atoms with Crippen LogP contribution in [0.25, 0.3) is 0 Å². The van der Waals surface area contributed by atoms with E-state index in [1.807, 2.05) is 29.2 Å². The van der Waals surface area contributed by atoms with Crippen LogP contribution in [0.4, 0.5) is 11.5 Å². The maximum Gasteiger partial charge on any atom is 0.238 e. The third kappa shape index (κ3) is 1.74. The molecule has 2 aromatic rings. The van der Waals surface area contributed by atoms with Gasteiger partial charge in [-0.3, -0.25) is 4.79 Å². The molecule has 1 fully saturated rings. The van der Waals surface area contributed by atoms with Crippen molar-refractivity contribution in [3.05, 3.63) is 53.7 Å². The fourth-order valence-electron chi connectivity index (χ4n) is 3.74. The quantitative estimate of drug-likeness (QED) is 0.866. The van der Waals surface area contributed by atoms with Crippen LogP contribution < -0.4 is 10.2 Å². The largest absolute Gasteiger partial charge is 0.353 e. The second-order valence-corrected chi connectivity index (χ2v) is 6.02. The van der Waals surface area contributed by atoms with Crippen molar-refractivity contribution in [2.24, 2.45) is 5.92 Å². The first-order valence-corrected chi connectivity index (χ1v) is 7.61. The summed E-state index contributed by atoms with van der Waals surface area (Å²) in [5, 5.41) is 21.9. The van der Waals surface area contributed by atoms with Gasteiger partial charge in [-0.2, -0.15) is 10.5 Å². The molecule has 24 heavy (non-hydrogen) atoms. The zero-order chi connectivity index (χ0) is 16.7. The number of hydrogen-bond acceptors (Lipinski definition) is 5. The van der Waals surface area contributed by atoms with Gasteiger partial charge in [0.05, 0.1) is 17.6 Å². The van der Waals surface area contributed by atoms with Crippen LogP contribution >= 0.6 is 0 Å². The maximum absolute atomic E-state index is 12.8. The molecule has 2 aliphatic rings. The first-order chi connectivity index (χ1) is 11.7. The molecule has 1 saturated heterocycles. The Morgan fingerprint density at radius 1 is 1.25 bits per heavy atom. The second-order valence-electron chi connectivity index (χ2n) is 6.02. The Hall–Kier alpha value is -3.38. The number of amides is 1. The highest BCUT2D eigenvalue weighted by Gasteiger charge is 2.58. The van der Waals surface area contributed by atoms with Crippen LogP contribution in [0.5, 0.6) is 0 Å². The highest BCUT2D eigenvalue weighted by atomic mass is 16.2. The number of aromatic nitrogens is 1. The molecule has 0 bridgehead atoms. The molecule has 3 heterocycles. The predicted molar refractivity (Wildman–Crippen MR) is 87.0 cm³/mol. The van der Waals surface area contributed by atoms with E-state index >= 15 is 0 Å². The summed E-state index contributed by atoms with van der Waals surface area (Å²) in [6, 6.07) is 15.3. The third-order valence-corrected chi connectivity index (χ3v) is 4.86. The molecule has 6 nitrogen and oxygen atoms in total. The highest BCUT2D eigenvalue weighted by molar-refractivity contribution is 6.07. The molecular formula is C18H13N5O. The van der Waals surface area contributed by atoms with Crippen molar-refractivity contribution < 1.29 is 4.79 Å². The van der Waals surface area contributed by atoms with E-state index in [9.17, 15) is 15.3 Å². The van der Waals surface area contributed by atoms with Crippen molar-refractivity contribution in [1.29, 1.82) is 10.5 Å². The van der Waals surface area contributed by atoms with Crippen LogP contribution in [0, 0.1) is 28.6 Å². The van der Waals surface area contributed by atoms with E-state index in [-0.39, 0.29) is 5.91 Å². The lowest BCUT2D eigenvalue weighted by molar-refractivity contribution is -0.120. The van der Waals surface area contributed by atoms with Crippen LogP contribution in [-0.2, 0) is 10.2 Å². The summed E-state index contributed by atoms with van der Waals surface area (Å²) in [5.74, 6) is -0.142. The predicted octanol–water partition coefficient (Wildman–Crippen LogP) is 1.80. The van der Waals surface area contributed by atoms with Crippen LogP contribution in [0.15, 0.2) is 42.6 Å². The van der Waals surface area contributed by atoms with Gasteiger partial charge in [0.25, 0.3) is 0 Å². The van der Waals surface area contributed by atoms with Gasteiger partial charge in [0.15, 0.2) is 0 Å². The smallest absolute Gasteiger partial charge is 0.238 e. The third-order valence-electron chi connectivity index (χ3n) is 4.86. The van der Waals surface area contributed by atoms with Gasteiger partial charge in [0.1, 0.15) is 17.3 Å². The van der Waals surface area contributed by atoms with E-state index in [1.54, 1.807) is 18.3 Å². The number of rotatable bonds is 1. The standard InChI is InChI=1S/C18H13N5O/c19-8-12-4-3-7-21-16(12)23-10-13(9-20)18(11-23)14-5-1-2-6-15(14)22-17(18)24/h1-7,13H,10-11H2,(H,22,24)/t13-,18+/m1/s1. The lowest BCUT2D eigenvalue weighted by atomic mass is 9.74. The number of carbonyl (C=O) groups excluding carboxylic acids is 1. The molecule has 0 radical (unpaired) electrons. The van der Waals surface area contributed by atoms with E-state index in [2.05, 4.69) is 22.4 Å². The van der Waals surface area contributed by atoms with Crippen molar-refractivity contribution in [1.82, 2.24) is 4.98 Å². The first-order valence-electron chi connectivity index (χ1n) is 7.61. The van der Waals surface area contributed by atoms with Gasteiger partial charge in [-0.1, -0.05) is 18.2 Å². The topological polar surface area (TPSA) is 92.8 Å². The number of pyridine rings is 1. The summed E-state index contributed by atoms with van der Waals surface area (Å²) in [5.41, 5.74) is 1.12. The molecule has 6 heteroatoms. The number of hydrogen-bond donors (Lipinski definition) is 1. The van der Waals surface area contributed by atoms with Crippen molar-refractivity contribution in [2.45, 2.75) is 5.41 Å². The fraction of sp³-hybridized carbons (Fsp3) is 0.222. The van der Waals surface area contributed by atoms with Gasteiger partial charge >= 0.3 is 0 Å². The number of fused-ring (bicyclic) bond motifs is 2. The molecule has 0 unspecified atom stereocenters. The first kappa shape index (κ1) is 14.2. The number of carbonyl (C=O) groups is 1. The summed E-state index contributed by atoms with van der Waals surface area (Å²) in [6.07, 6.45) is 1.62. The van der Waals surface area contributed by atoms with E-state index in [0.29, 0.717) is 24.5 Å². The van der Waals surface area contributed by atoms with Gasteiger partial charge in [0.2, 0.25) is 5.91 Å². The monoisotopic (exact) mass is 315 g/mol. The van der Waals surface area contributed by atoms with Crippen molar-refractivity contribution in [3.8, 4) is 12.1 Å². The summed E-state index contributed by atoms with van der Waals surface area (Å²) >= 11 is 0. The van der Waals surface area contributed by atoms with Gasteiger partial charge in [0, 0.05) is 25.0 Å². The average molecular weight is 315 g/mol. The second kappa shape index (κ2) is 5.07. The number of nitrogens with one attached hydrogen (secondary N) is 1. The van der Waals surface area contributed by atoms with Crippen LogP contribution in [0.1, 0.15) is 11.1 Å². The maximum atomic E-state index is 12.8. The Morgan fingerprint density at radius 3 is 2.88 bits per heavy atom. The van der Waals surface area contributed by atoms with E-state index < -0.39 is 11.3 Å². The van der Waals surface area contributed by atoms with Gasteiger partial charge in [-0.25, -0.2) is 4.98 Å².